The van der Waals surface area contributed by atoms with Crippen LogP contribution in [0.2, 0.25) is 0 Å². The lowest BCUT2D eigenvalue weighted by molar-refractivity contribution is 0.0919. The molecule has 1 fully saturated rings. The molecule has 5 heteroatoms. The van der Waals surface area contributed by atoms with Crippen LogP contribution in [0.3, 0.4) is 0 Å². The zero-order valence-electron chi connectivity index (χ0n) is 16.7. The van der Waals surface area contributed by atoms with Gasteiger partial charge in [-0.25, -0.2) is 0 Å². The average molecular weight is 381 g/mol. The third kappa shape index (κ3) is 4.35. The molecular formula is C23H27NO4. The predicted octanol–water partition coefficient (Wildman–Crippen LogP) is 4.36. The van der Waals surface area contributed by atoms with Crippen molar-refractivity contribution in [2.24, 2.45) is 0 Å². The molecule has 1 N–H and O–H groups in total. The van der Waals surface area contributed by atoms with E-state index >= 15 is 0 Å². The highest BCUT2D eigenvalue weighted by Gasteiger charge is 2.28. The second-order valence-corrected chi connectivity index (χ2v) is 7.22. The second-order valence-electron chi connectivity index (χ2n) is 7.22. The molecule has 148 valence electrons. The molecule has 1 saturated carbocycles. The molecule has 0 saturated heterocycles. The number of carbonyl (C=O) groups excluding carboxylic acids is 2. The van der Waals surface area contributed by atoms with Gasteiger partial charge in [0.25, 0.3) is 5.91 Å². The van der Waals surface area contributed by atoms with Crippen LogP contribution in [0, 0.1) is 0 Å². The third-order valence-corrected chi connectivity index (χ3v) is 5.47. The van der Waals surface area contributed by atoms with Gasteiger partial charge in [-0.05, 0) is 49.6 Å². The molecule has 5 nitrogen and oxygen atoms in total. The van der Waals surface area contributed by atoms with Gasteiger partial charge < -0.3 is 14.8 Å². The molecule has 1 aliphatic rings. The Hall–Kier alpha value is -2.82. The number of carbonyl (C=O) groups is 2. The van der Waals surface area contributed by atoms with Gasteiger partial charge in [0, 0.05) is 23.1 Å². The van der Waals surface area contributed by atoms with Crippen LogP contribution in [0.5, 0.6) is 11.5 Å². The second kappa shape index (κ2) is 8.91. The van der Waals surface area contributed by atoms with Crippen molar-refractivity contribution in [1.82, 2.24) is 5.32 Å². The number of Topliss-reactive ketones (excluding diaryl/α,β-unsaturated/α-hetero) is 1. The Balaban J connectivity index is 1.78. The molecule has 28 heavy (non-hydrogen) atoms. The number of hydrogen-bond acceptors (Lipinski definition) is 4. The van der Waals surface area contributed by atoms with Crippen LogP contribution < -0.4 is 14.8 Å². The number of ketones is 1. The largest absolute Gasteiger partial charge is 0.493 e. The Morgan fingerprint density at radius 2 is 1.54 bits per heavy atom. The van der Waals surface area contributed by atoms with E-state index in [1.165, 1.54) is 6.92 Å². The first-order valence-corrected chi connectivity index (χ1v) is 9.67. The Morgan fingerprint density at radius 3 is 2.18 bits per heavy atom. The highest BCUT2D eigenvalue weighted by molar-refractivity contribution is 5.97. The van der Waals surface area contributed by atoms with Crippen molar-refractivity contribution in [2.45, 2.75) is 44.6 Å². The van der Waals surface area contributed by atoms with E-state index in [0.717, 1.165) is 31.2 Å². The Kier molecular flexibility index (Phi) is 6.34. The van der Waals surface area contributed by atoms with Crippen LogP contribution in [0.4, 0.5) is 0 Å². The molecule has 0 aliphatic heterocycles. The van der Waals surface area contributed by atoms with Gasteiger partial charge in [0.15, 0.2) is 17.3 Å². The predicted molar refractivity (Wildman–Crippen MR) is 108 cm³/mol. The Bertz CT molecular complexity index is 844. The van der Waals surface area contributed by atoms with E-state index in [2.05, 4.69) is 11.4 Å². The molecule has 2 aromatic rings. The molecule has 1 aliphatic carbocycles. The van der Waals surface area contributed by atoms with E-state index in [-0.39, 0.29) is 23.7 Å². The number of benzene rings is 2. The van der Waals surface area contributed by atoms with E-state index in [1.807, 2.05) is 12.1 Å². The molecule has 1 amide bonds. The first kappa shape index (κ1) is 19.9. The van der Waals surface area contributed by atoms with Gasteiger partial charge in [0.05, 0.1) is 14.2 Å². The molecule has 2 atom stereocenters. The lowest BCUT2D eigenvalue weighted by Crippen LogP contribution is -2.41. The summed E-state index contributed by atoms with van der Waals surface area (Å²) in [6.07, 6.45) is 4.19. The van der Waals surface area contributed by atoms with Crippen molar-refractivity contribution in [3.63, 3.8) is 0 Å². The zero-order valence-corrected chi connectivity index (χ0v) is 16.7. The summed E-state index contributed by atoms with van der Waals surface area (Å²) in [6.45, 7) is 1.52. The topological polar surface area (TPSA) is 64.6 Å². The fraction of sp³-hybridized carbons (Fsp3) is 0.391. The quantitative estimate of drug-likeness (QED) is 0.755. The molecule has 2 aromatic carbocycles. The minimum absolute atomic E-state index is 0.00671. The fourth-order valence-corrected chi connectivity index (χ4v) is 3.89. The maximum Gasteiger partial charge on any atom is 0.251 e. The number of amides is 1. The van der Waals surface area contributed by atoms with Crippen LogP contribution in [0.1, 0.15) is 64.8 Å². The van der Waals surface area contributed by atoms with E-state index < -0.39 is 0 Å². The Labute approximate surface area is 166 Å². The first-order chi connectivity index (χ1) is 13.5. The summed E-state index contributed by atoms with van der Waals surface area (Å²) in [6, 6.07) is 12.9. The normalized spacial score (nSPS) is 19.0. The number of methoxy groups -OCH3 is 2. The van der Waals surface area contributed by atoms with Gasteiger partial charge in [-0.1, -0.05) is 31.0 Å². The first-order valence-electron chi connectivity index (χ1n) is 9.67. The summed E-state index contributed by atoms with van der Waals surface area (Å²) in [5, 5.41) is 3.20. The van der Waals surface area contributed by atoms with Crippen molar-refractivity contribution in [1.29, 1.82) is 0 Å². The van der Waals surface area contributed by atoms with Gasteiger partial charge >= 0.3 is 0 Å². The molecule has 0 bridgehead atoms. The van der Waals surface area contributed by atoms with Crippen molar-refractivity contribution in [2.75, 3.05) is 14.2 Å². The van der Waals surface area contributed by atoms with E-state index in [1.54, 1.807) is 38.5 Å². The van der Waals surface area contributed by atoms with Gasteiger partial charge in [0.1, 0.15) is 0 Å². The smallest absolute Gasteiger partial charge is 0.251 e. The highest BCUT2D eigenvalue weighted by Crippen LogP contribution is 2.37. The molecule has 2 unspecified atom stereocenters. The molecule has 0 heterocycles. The maximum absolute atomic E-state index is 12.8. The summed E-state index contributed by atoms with van der Waals surface area (Å²) in [5.74, 6) is 1.53. The number of hydrogen-bond donors (Lipinski definition) is 1. The van der Waals surface area contributed by atoms with Crippen LogP contribution in [-0.2, 0) is 0 Å². The van der Waals surface area contributed by atoms with Crippen molar-refractivity contribution >= 4 is 11.7 Å². The van der Waals surface area contributed by atoms with Crippen LogP contribution in [0.25, 0.3) is 0 Å². The van der Waals surface area contributed by atoms with Crippen LogP contribution >= 0.6 is 0 Å². The molecule has 3 rings (SSSR count). The summed E-state index contributed by atoms with van der Waals surface area (Å²) in [5.41, 5.74) is 2.33. The molecule has 0 aromatic heterocycles. The minimum atomic E-state index is -0.104. The van der Waals surface area contributed by atoms with E-state index in [9.17, 15) is 9.59 Å². The minimum Gasteiger partial charge on any atom is -0.493 e. The van der Waals surface area contributed by atoms with Crippen LogP contribution in [0.15, 0.2) is 42.5 Å². The SMILES string of the molecule is COc1ccc(C2CCCCC2NC(=O)c2ccc(C(C)=O)cc2)cc1OC. The van der Waals surface area contributed by atoms with Gasteiger partial charge in [-0.3, -0.25) is 9.59 Å². The molecular weight excluding hydrogens is 354 g/mol. The van der Waals surface area contributed by atoms with Gasteiger partial charge in [-0.15, -0.1) is 0 Å². The van der Waals surface area contributed by atoms with Crippen molar-refractivity contribution in [3.8, 4) is 11.5 Å². The number of rotatable bonds is 6. The van der Waals surface area contributed by atoms with E-state index in [0.29, 0.717) is 22.6 Å². The highest BCUT2D eigenvalue weighted by atomic mass is 16.5. The fourth-order valence-electron chi connectivity index (χ4n) is 3.89. The lowest BCUT2D eigenvalue weighted by atomic mass is 9.79. The van der Waals surface area contributed by atoms with Gasteiger partial charge in [-0.2, -0.15) is 0 Å². The van der Waals surface area contributed by atoms with Crippen LogP contribution in [-0.4, -0.2) is 32.0 Å². The average Bonchev–Trinajstić information content (AvgIpc) is 2.73. The van der Waals surface area contributed by atoms with Gasteiger partial charge in [0.2, 0.25) is 0 Å². The molecule has 0 radical (unpaired) electrons. The van der Waals surface area contributed by atoms with E-state index in [4.69, 9.17) is 9.47 Å². The summed E-state index contributed by atoms with van der Waals surface area (Å²) >= 11 is 0. The van der Waals surface area contributed by atoms with Crippen molar-refractivity contribution < 1.29 is 19.1 Å². The van der Waals surface area contributed by atoms with Crippen molar-refractivity contribution in [3.05, 3.63) is 59.2 Å². The number of nitrogens with one attached hydrogen (secondary N) is 1. The molecule has 0 spiro atoms. The summed E-state index contributed by atoms with van der Waals surface area (Å²) < 4.78 is 10.8. The standard InChI is InChI=1S/C23H27NO4/c1-15(25)16-8-10-17(11-9-16)23(26)24-20-7-5-4-6-19(20)18-12-13-21(27-2)22(14-18)28-3/h8-14,19-20H,4-7H2,1-3H3,(H,24,26). The zero-order chi connectivity index (χ0) is 20.1. The monoisotopic (exact) mass is 381 g/mol. The third-order valence-electron chi connectivity index (χ3n) is 5.47. The lowest BCUT2D eigenvalue weighted by Gasteiger charge is -2.33. The summed E-state index contributed by atoms with van der Waals surface area (Å²) in [4.78, 5) is 24.2. The summed E-state index contributed by atoms with van der Waals surface area (Å²) in [7, 11) is 3.25. The maximum atomic E-state index is 12.8. The Morgan fingerprint density at radius 1 is 0.893 bits per heavy atom. The number of ether oxygens (including phenoxy) is 2.